The summed E-state index contributed by atoms with van der Waals surface area (Å²) in [4.78, 5) is 27.8. The minimum atomic E-state index is -2.98. The van der Waals surface area contributed by atoms with Crippen LogP contribution in [0.2, 0.25) is 0 Å². The molecule has 0 spiro atoms. The number of carbonyl (C=O) groups is 2. The second-order valence-electron chi connectivity index (χ2n) is 8.70. The van der Waals surface area contributed by atoms with Gasteiger partial charge in [0.1, 0.15) is 6.54 Å². The largest absolute Gasteiger partial charge is 0.316 e. The first-order valence-electron chi connectivity index (χ1n) is 10.2. The van der Waals surface area contributed by atoms with Crippen LogP contribution < -0.4 is 4.90 Å². The molecule has 4 rings (SSSR count). The average molecular weight is 422 g/mol. The lowest BCUT2D eigenvalue weighted by Crippen LogP contribution is -3.09. The molecule has 0 bridgehead atoms. The summed E-state index contributed by atoms with van der Waals surface area (Å²) in [5.74, 6) is -0.142. The number of sulfone groups is 1. The van der Waals surface area contributed by atoms with Crippen molar-refractivity contribution in [3.63, 3.8) is 0 Å². The van der Waals surface area contributed by atoms with Crippen LogP contribution in [-0.4, -0.2) is 60.1 Å². The number of amides is 2. The number of aryl methyl sites for hydroxylation is 1. The lowest BCUT2D eigenvalue weighted by molar-refractivity contribution is -0.901. The van der Waals surface area contributed by atoms with Crippen LogP contribution in [0, 0.1) is 25.7 Å². The first-order valence-corrected chi connectivity index (χ1v) is 12.1. The van der Waals surface area contributed by atoms with Crippen molar-refractivity contribution in [1.29, 1.82) is 0 Å². The van der Waals surface area contributed by atoms with Gasteiger partial charge >= 0.3 is 0 Å². The van der Waals surface area contributed by atoms with Crippen molar-refractivity contribution < 1.29 is 22.9 Å². The third kappa shape index (κ3) is 3.66. The van der Waals surface area contributed by atoms with E-state index in [4.69, 9.17) is 0 Å². The number of carbonyl (C=O) groups excluding carboxylic acids is 2. The van der Waals surface area contributed by atoms with Gasteiger partial charge in [0, 0.05) is 5.69 Å². The summed E-state index contributed by atoms with van der Waals surface area (Å²) in [6, 6.07) is -0.106. The smallest absolute Gasteiger partial charge is 0.237 e. The number of hydrogen-bond donors (Lipinski definition) is 1. The number of nitrogens with one attached hydrogen (secondary N) is 1. The van der Waals surface area contributed by atoms with Gasteiger partial charge < -0.3 is 4.90 Å². The van der Waals surface area contributed by atoms with Gasteiger partial charge in [0.2, 0.25) is 11.8 Å². The number of quaternary nitrogens is 1. The Morgan fingerprint density at radius 3 is 2.31 bits per heavy atom. The van der Waals surface area contributed by atoms with E-state index in [-0.39, 0.29) is 41.2 Å². The molecule has 0 radical (unpaired) electrons. The highest BCUT2D eigenvalue weighted by Gasteiger charge is 2.48. The SMILES string of the molecule is Cc1nn([C@H]2CCS(=O)(=O)C2)c(C)c1C[NH+](C)CN1C(=O)[C@H]2CC=CC[C@H]2C1=O. The van der Waals surface area contributed by atoms with Gasteiger partial charge in [0.25, 0.3) is 0 Å². The molecule has 0 saturated carbocycles. The zero-order valence-corrected chi connectivity index (χ0v) is 18.0. The highest BCUT2D eigenvalue weighted by Crippen LogP contribution is 2.34. The van der Waals surface area contributed by atoms with Gasteiger partial charge in [-0.25, -0.2) is 13.3 Å². The second-order valence-corrected chi connectivity index (χ2v) is 10.9. The van der Waals surface area contributed by atoms with E-state index in [1.54, 1.807) is 0 Å². The number of aromatic nitrogens is 2. The summed E-state index contributed by atoms with van der Waals surface area (Å²) in [5, 5.41) is 4.61. The summed E-state index contributed by atoms with van der Waals surface area (Å²) in [5.41, 5.74) is 2.91. The van der Waals surface area contributed by atoms with Crippen molar-refractivity contribution in [2.45, 2.75) is 45.7 Å². The molecular weight excluding hydrogens is 392 g/mol. The fourth-order valence-corrected chi connectivity index (χ4v) is 6.62. The van der Waals surface area contributed by atoms with Crippen molar-refractivity contribution >= 4 is 21.7 Å². The summed E-state index contributed by atoms with van der Waals surface area (Å²) < 4.78 is 25.5. The second kappa shape index (κ2) is 7.36. The fourth-order valence-electron chi connectivity index (χ4n) is 4.93. The van der Waals surface area contributed by atoms with Crippen molar-refractivity contribution in [2.24, 2.45) is 11.8 Å². The normalized spacial score (nSPS) is 29.5. The van der Waals surface area contributed by atoms with Gasteiger partial charge in [0.15, 0.2) is 16.5 Å². The molecule has 2 saturated heterocycles. The maximum absolute atomic E-state index is 12.7. The molecule has 3 heterocycles. The van der Waals surface area contributed by atoms with Crippen LogP contribution in [0.5, 0.6) is 0 Å². The van der Waals surface area contributed by atoms with Crippen molar-refractivity contribution in [3.8, 4) is 0 Å². The summed E-state index contributed by atoms with van der Waals surface area (Å²) in [6.45, 7) is 4.87. The third-order valence-electron chi connectivity index (χ3n) is 6.53. The van der Waals surface area contributed by atoms with Crippen LogP contribution in [-0.2, 0) is 26.0 Å². The Bertz CT molecular complexity index is 955. The zero-order chi connectivity index (χ0) is 20.9. The summed E-state index contributed by atoms with van der Waals surface area (Å²) in [6.07, 6.45) is 5.90. The van der Waals surface area contributed by atoms with Crippen LogP contribution in [0.15, 0.2) is 12.2 Å². The standard InChI is InChI=1S/C20H28N4O4S/c1-13-18(14(2)24(21-13)15-8-9-29(27,28)11-15)10-22(3)12-23-19(25)16-6-4-5-7-17(16)20(23)26/h4-5,15-17H,6-12H2,1-3H3/p+1/t15-,16-,17+/m0/s1. The molecule has 1 aromatic heterocycles. The van der Waals surface area contributed by atoms with Gasteiger partial charge in [-0.2, -0.15) is 5.10 Å². The van der Waals surface area contributed by atoms with Crippen LogP contribution in [0.4, 0.5) is 0 Å². The summed E-state index contributed by atoms with van der Waals surface area (Å²) >= 11 is 0. The molecule has 0 aromatic carbocycles. The first kappa shape index (κ1) is 20.3. The lowest BCUT2D eigenvalue weighted by atomic mass is 9.85. The maximum Gasteiger partial charge on any atom is 0.237 e. The quantitative estimate of drug-likeness (QED) is 0.524. The van der Waals surface area contributed by atoms with Crippen LogP contribution in [0.3, 0.4) is 0 Å². The fraction of sp³-hybridized carbons (Fsp3) is 0.650. The molecule has 8 nitrogen and oxygen atoms in total. The van der Waals surface area contributed by atoms with E-state index in [9.17, 15) is 18.0 Å². The number of hydrogen-bond acceptors (Lipinski definition) is 5. The molecule has 3 aliphatic rings. The lowest BCUT2D eigenvalue weighted by Gasteiger charge is -2.21. The maximum atomic E-state index is 12.7. The minimum absolute atomic E-state index is 0.0519. The third-order valence-corrected chi connectivity index (χ3v) is 8.28. The number of rotatable bonds is 5. The molecular formula is C20H29N4O4S+. The van der Waals surface area contributed by atoms with Crippen molar-refractivity contribution in [3.05, 3.63) is 29.1 Å². The average Bonchev–Trinajstić information content (AvgIpc) is 3.25. The number of imide groups is 1. The molecule has 2 fully saturated rings. The van der Waals surface area contributed by atoms with E-state index in [0.717, 1.165) is 21.9 Å². The Kier molecular flexibility index (Phi) is 5.14. The predicted molar refractivity (Wildman–Crippen MR) is 107 cm³/mol. The van der Waals surface area contributed by atoms with Crippen molar-refractivity contribution in [1.82, 2.24) is 14.7 Å². The molecule has 158 valence electrons. The molecule has 2 aliphatic heterocycles. The Morgan fingerprint density at radius 1 is 1.14 bits per heavy atom. The summed E-state index contributed by atoms with van der Waals surface area (Å²) in [7, 11) is -1.01. The van der Waals surface area contributed by atoms with E-state index < -0.39 is 9.84 Å². The van der Waals surface area contributed by atoms with E-state index in [1.165, 1.54) is 4.90 Å². The van der Waals surface area contributed by atoms with Gasteiger partial charge in [-0.3, -0.25) is 14.3 Å². The molecule has 4 atom stereocenters. The number of likely N-dealkylation sites (tertiary alicyclic amines) is 1. The zero-order valence-electron chi connectivity index (χ0n) is 17.2. The monoisotopic (exact) mass is 421 g/mol. The number of fused-ring (bicyclic) bond motifs is 1. The van der Waals surface area contributed by atoms with Crippen LogP contribution >= 0.6 is 0 Å². The van der Waals surface area contributed by atoms with Crippen LogP contribution in [0.1, 0.15) is 42.3 Å². The molecule has 9 heteroatoms. The number of allylic oxidation sites excluding steroid dienone is 2. The molecule has 1 N–H and O–H groups in total. The highest BCUT2D eigenvalue weighted by molar-refractivity contribution is 7.91. The minimum Gasteiger partial charge on any atom is -0.316 e. The highest BCUT2D eigenvalue weighted by atomic mass is 32.2. The van der Waals surface area contributed by atoms with Gasteiger partial charge in [0.05, 0.1) is 47.7 Å². The van der Waals surface area contributed by atoms with Gasteiger partial charge in [-0.05, 0) is 33.1 Å². The predicted octanol–water partition coefficient (Wildman–Crippen LogP) is -0.217. The molecule has 1 unspecified atom stereocenters. The van der Waals surface area contributed by atoms with E-state index in [0.29, 0.717) is 32.5 Å². The molecule has 2 amide bonds. The van der Waals surface area contributed by atoms with E-state index in [2.05, 4.69) is 5.10 Å². The van der Waals surface area contributed by atoms with Gasteiger partial charge in [-0.15, -0.1) is 0 Å². The van der Waals surface area contributed by atoms with Crippen LogP contribution in [0.25, 0.3) is 0 Å². The Balaban J connectivity index is 1.46. The van der Waals surface area contributed by atoms with Crippen molar-refractivity contribution in [2.75, 3.05) is 25.2 Å². The molecule has 1 aliphatic carbocycles. The topological polar surface area (TPSA) is 93.8 Å². The molecule has 29 heavy (non-hydrogen) atoms. The Labute approximate surface area is 171 Å². The first-order chi connectivity index (χ1) is 13.7. The Morgan fingerprint density at radius 2 is 1.76 bits per heavy atom. The van der Waals surface area contributed by atoms with Gasteiger partial charge in [-0.1, -0.05) is 12.2 Å². The number of nitrogens with zero attached hydrogens (tertiary/aromatic N) is 3. The van der Waals surface area contributed by atoms with E-state index in [1.807, 2.05) is 37.7 Å². The van der Waals surface area contributed by atoms with E-state index >= 15 is 0 Å². The Hall–Kier alpha value is -2.00. The molecule has 1 aromatic rings.